The summed E-state index contributed by atoms with van der Waals surface area (Å²) < 4.78 is 91.6. The van der Waals surface area contributed by atoms with Gasteiger partial charge in [0, 0.05) is 17.4 Å². The summed E-state index contributed by atoms with van der Waals surface area (Å²) in [6.45, 7) is 2.10. The van der Waals surface area contributed by atoms with E-state index in [-0.39, 0.29) is 23.7 Å². The summed E-state index contributed by atoms with van der Waals surface area (Å²) in [5.74, 6) is -3.27. The Kier molecular flexibility index (Phi) is 8.87. The lowest BCUT2D eigenvalue weighted by Gasteiger charge is -2.32. The molecule has 180 valence electrons. The van der Waals surface area contributed by atoms with Gasteiger partial charge in [-0.1, -0.05) is 19.1 Å². The van der Waals surface area contributed by atoms with Crippen molar-refractivity contribution in [1.29, 1.82) is 0 Å². The lowest BCUT2D eigenvalue weighted by atomic mass is 10.0. The van der Waals surface area contributed by atoms with Gasteiger partial charge >= 0.3 is 6.18 Å². The third-order valence-electron chi connectivity index (χ3n) is 5.09. The molecular formula is C22H27F5O5. The lowest BCUT2D eigenvalue weighted by molar-refractivity contribution is -0.217. The first kappa shape index (κ1) is 24.9. The minimum absolute atomic E-state index is 0.0305. The normalized spacial score (nSPS) is 27.1. The molecule has 0 aliphatic carbocycles. The summed E-state index contributed by atoms with van der Waals surface area (Å²) in [6.07, 6.45) is 0.541. The third kappa shape index (κ3) is 7.40. The van der Waals surface area contributed by atoms with Crippen LogP contribution in [-0.4, -0.2) is 45.5 Å². The average molecular weight is 466 g/mol. The number of benzene rings is 1. The lowest BCUT2D eigenvalue weighted by Crippen LogP contribution is -2.33. The molecule has 0 spiro atoms. The van der Waals surface area contributed by atoms with Gasteiger partial charge in [0.1, 0.15) is 0 Å². The highest BCUT2D eigenvalue weighted by Gasteiger charge is 2.31. The van der Waals surface area contributed by atoms with Crippen molar-refractivity contribution in [2.24, 2.45) is 11.8 Å². The molecule has 0 N–H and O–H groups in total. The van der Waals surface area contributed by atoms with Crippen molar-refractivity contribution in [3.63, 3.8) is 0 Å². The molecule has 32 heavy (non-hydrogen) atoms. The first-order valence-corrected chi connectivity index (χ1v) is 10.6. The summed E-state index contributed by atoms with van der Waals surface area (Å²) in [6, 6.07) is 1.71. The first-order valence-electron chi connectivity index (χ1n) is 10.6. The molecule has 0 atom stereocenters. The molecule has 0 radical (unpaired) electrons. The Labute approximate surface area is 183 Å². The Balaban J connectivity index is 1.43. The number of hydrogen-bond acceptors (Lipinski definition) is 5. The monoisotopic (exact) mass is 466 g/mol. The van der Waals surface area contributed by atoms with Crippen LogP contribution in [-0.2, 0) is 18.9 Å². The second-order valence-corrected chi connectivity index (χ2v) is 7.85. The zero-order chi connectivity index (χ0) is 23.1. The van der Waals surface area contributed by atoms with Crippen LogP contribution in [0.5, 0.6) is 5.75 Å². The van der Waals surface area contributed by atoms with Gasteiger partial charge in [0.05, 0.1) is 26.4 Å². The van der Waals surface area contributed by atoms with E-state index in [4.69, 9.17) is 18.9 Å². The predicted octanol–water partition coefficient (Wildman–Crippen LogP) is 5.30. The Morgan fingerprint density at radius 1 is 0.969 bits per heavy atom. The van der Waals surface area contributed by atoms with Crippen molar-refractivity contribution in [1.82, 2.24) is 0 Å². The maximum atomic E-state index is 14.1. The molecule has 0 unspecified atom stereocenters. The number of allylic oxidation sites excluding steroid dienone is 1. The molecule has 0 aromatic heterocycles. The predicted molar refractivity (Wildman–Crippen MR) is 104 cm³/mol. The first-order chi connectivity index (χ1) is 15.2. The highest BCUT2D eigenvalue weighted by atomic mass is 19.4. The zero-order valence-electron chi connectivity index (χ0n) is 17.7. The smallest absolute Gasteiger partial charge is 0.422 e. The standard InChI is InChI=1S/C22H27F5O5/c1-2-3-4-14-9-28-19(29-10-14)6-5-15-11-30-21(31-12-15)16-7-17(23)20(18(24)8-16)32-13-22(25,26)27/h3-4,7-8,14-15,19,21H,2,5-6,9-13H2,1H3/t14-,15-,19-,21-. The van der Waals surface area contributed by atoms with Crippen molar-refractivity contribution in [3.8, 4) is 5.75 Å². The zero-order valence-corrected chi connectivity index (χ0v) is 17.7. The summed E-state index contributed by atoms with van der Waals surface area (Å²) in [4.78, 5) is 0. The quantitative estimate of drug-likeness (QED) is 0.384. The van der Waals surface area contributed by atoms with Crippen LogP contribution in [0.15, 0.2) is 24.3 Å². The molecule has 3 rings (SSSR count). The van der Waals surface area contributed by atoms with Crippen LogP contribution in [0.4, 0.5) is 22.0 Å². The van der Waals surface area contributed by atoms with E-state index in [9.17, 15) is 22.0 Å². The van der Waals surface area contributed by atoms with Crippen molar-refractivity contribution in [3.05, 3.63) is 41.5 Å². The van der Waals surface area contributed by atoms with Crippen molar-refractivity contribution in [2.45, 2.75) is 44.9 Å². The molecule has 10 heteroatoms. The van der Waals surface area contributed by atoms with Crippen molar-refractivity contribution >= 4 is 0 Å². The highest BCUT2D eigenvalue weighted by molar-refractivity contribution is 5.32. The number of hydrogen-bond donors (Lipinski definition) is 0. The summed E-state index contributed by atoms with van der Waals surface area (Å²) >= 11 is 0. The van der Waals surface area contributed by atoms with Crippen molar-refractivity contribution in [2.75, 3.05) is 33.0 Å². The Morgan fingerprint density at radius 2 is 1.59 bits per heavy atom. The van der Waals surface area contributed by atoms with E-state index in [1.54, 1.807) is 0 Å². The molecule has 2 aliphatic rings. The molecule has 1 aromatic carbocycles. The Morgan fingerprint density at radius 3 is 2.16 bits per heavy atom. The van der Waals surface area contributed by atoms with Crippen LogP contribution in [0.25, 0.3) is 0 Å². The fourth-order valence-corrected chi connectivity index (χ4v) is 3.45. The van der Waals surface area contributed by atoms with Gasteiger partial charge in [0.25, 0.3) is 0 Å². The van der Waals surface area contributed by atoms with E-state index in [1.165, 1.54) is 0 Å². The van der Waals surface area contributed by atoms with Gasteiger partial charge in [-0.2, -0.15) is 13.2 Å². The van der Waals surface area contributed by atoms with Gasteiger partial charge in [-0.3, -0.25) is 0 Å². The molecule has 0 saturated carbocycles. The largest absolute Gasteiger partial charge is 0.478 e. The van der Waals surface area contributed by atoms with Crippen molar-refractivity contribution < 1.29 is 45.6 Å². The molecule has 2 aliphatic heterocycles. The second kappa shape index (κ2) is 11.4. The molecule has 1 aromatic rings. The minimum atomic E-state index is -4.70. The van der Waals surface area contributed by atoms with Gasteiger partial charge in [-0.15, -0.1) is 0 Å². The number of alkyl halides is 3. The Bertz CT molecular complexity index is 731. The average Bonchev–Trinajstić information content (AvgIpc) is 2.76. The van der Waals surface area contributed by atoms with Gasteiger partial charge in [0.15, 0.2) is 36.6 Å². The van der Waals surface area contributed by atoms with Crippen LogP contribution in [0.3, 0.4) is 0 Å². The van der Waals surface area contributed by atoms with Gasteiger partial charge in [0.2, 0.25) is 0 Å². The third-order valence-corrected chi connectivity index (χ3v) is 5.09. The topological polar surface area (TPSA) is 46.2 Å². The molecule has 2 saturated heterocycles. The molecule has 0 bridgehead atoms. The number of rotatable bonds is 8. The molecule has 2 heterocycles. The van der Waals surface area contributed by atoms with E-state index in [1.807, 2.05) is 0 Å². The van der Waals surface area contributed by atoms with Crippen LogP contribution in [0.1, 0.15) is 38.0 Å². The second-order valence-electron chi connectivity index (χ2n) is 7.85. The Hall–Kier alpha value is -1.75. The van der Waals surface area contributed by atoms with Gasteiger partial charge < -0.3 is 23.7 Å². The molecular weight excluding hydrogens is 439 g/mol. The van der Waals surface area contributed by atoms with E-state index in [0.717, 1.165) is 25.0 Å². The van der Waals surface area contributed by atoms with Crippen LogP contribution >= 0.6 is 0 Å². The SMILES string of the molecule is CCC=C[C@H]1CO[C@H](CC[C@H]2CO[C@H](c3cc(F)c(OCC(F)(F)F)c(F)c3)OC2)OC1. The fourth-order valence-electron chi connectivity index (χ4n) is 3.45. The van der Waals surface area contributed by atoms with Gasteiger partial charge in [-0.25, -0.2) is 8.78 Å². The van der Waals surface area contributed by atoms with Crippen LogP contribution in [0.2, 0.25) is 0 Å². The van der Waals surface area contributed by atoms with E-state index < -0.39 is 36.5 Å². The fraction of sp³-hybridized carbons (Fsp3) is 0.636. The van der Waals surface area contributed by atoms with Gasteiger partial charge in [-0.05, 0) is 31.4 Å². The maximum absolute atomic E-state index is 14.1. The van der Waals surface area contributed by atoms with E-state index in [0.29, 0.717) is 32.8 Å². The molecule has 5 nitrogen and oxygen atoms in total. The summed E-state index contributed by atoms with van der Waals surface area (Å²) in [7, 11) is 0. The van der Waals surface area contributed by atoms with E-state index >= 15 is 0 Å². The minimum Gasteiger partial charge on any atom is -0.478 e. The number of ether oxygens (including phenoxy) is 5. The van der Waals surface area contributed by atoms with Crippen LogP contribution < -0.4 is 4.74 Å². The molecule has 2 fully saturated rings. The summed E-state index contributed by atoms with van der Waals surface area (Å²) in [5.41, 5.74) is 0.0305. The van der Waals surface area contributed by atoms with Crippen LogP contribution in [0, 0.1) is 23.5 Å². The highest BCUT2D eigenvalue weighted by Crippen LogP contribution is 2.32. The maximum Gasteiger partial charge on any atom is 0.422 e. The number of halogens is 5. The van der Waals surface area contributed by atoms with E-state index in [2.05, 4.69) is 23.8 Å². The molecule has 0 amide bonds. The summed E-state index contributed by atoms with van der Waals surface area (Å²) in [5, 5.41) is 0.